The van der Waals surface area contributed by atoms with Gasteiger partial charge in [-0.1, -0.05) is 18.6 Å². The lowest BCUT2D eigenvalue weighted by atomic mass is 9.87. The van der Waals surface area contributed by atoms with Crippen LogP contribution in [0.3, 0.4) is 0 Å². The lowest BCUT2D eigenvalue weighted by molar-refractivity contribution is -0.0225. The van der Waals surface area contributed by atoms with Gasteiger partial charge in [0.15, 0.2) is 0 Å². The number of rotatable bonds is 3. The number of hydrogen-bond donors (Lipinski definition) is 1. The first kappa shape index (κ1) is 14.9. The second-order valence-corrected chi connectivity index (χ2v) is 6.60. The molecule has 0 saturated carbocycles. The molecule has 1 N–H and O–H groups in total. The van der Waals surface area contributed by atoms with Crippen LogP contribution in [0.2, 0.25) is 0 Å². The normalized spacial score (nSPS) is 19.4. The molecule has 1 heterocycles. The van der Waals surface area contributed by atoms with Crippen molar-refractivity contribution in [2.75, 3.05) is 13.1 Å². The lowest BCUT2D eigenvalue weighted by Crippen LogP contribution is -2.50. The Morgan fingerprint density at radius 3 is 2.53 bits per heavy atom. The number of aliphatic hydroxyl groups is 1. The van der Waals surface area contributed by atoms with E-state index in [1.54, 1.807) is 18.2 Å². The van der Waals surface area contributed by atoms with E-state index in [1.807, 2.05) is 13.8 Å². The molecule has 0 radical (unpaired) electrons. The highest BCUT2D eigenvalue weighted by molar-refractivity contribution is 9.10. The Morgan fingerprint density at radius 2 is 1.89 bits per heavy atom. The zero-order valence-electron chi connectivity index (χ0n) is 11.5. The maximum absolute atomic E-state index is 14.1. The van der Waals surface area contributed by atoms with Crippen molar-refractivity contribution in [3.05, 3.63) is 34.1 Å². The first-order chi connectivity index (χ1) is 8.94. The van der Waals surface area contributed by atoms with E-state index in [-0.39, 0.29) is 5.82 Å². The summed E-state index contributed by atoms with van der Waals surface area (Å²) in [7, 11) is 0. The molecule has 1 fully saturated rings. The molecule has 1 aliphatic heterocycles. The number of hydrogen-bond acceptors (Lipinski definition) is 2. The minimum atomic E-state index is -0.830. The first-order valence-corrected chi connectivity index (χ1v) is 7.61. The molecular formula is C15H21BrFNO. The van der Waals surface area contributed by atoms with Crippen LogP contribution in [-0.4, -0.2) is 28.6 Å². The third-order valence-electron chi connectivity index (χ3n) is 4.12. The average Bonchev–Trinajstić information content (AvgIpc) is 2.42. The van der Waals surface area contributed by atoms with Crippen LogP contribution >= 0.6 is 15.9 Å². The zero-order valence-corrected chi connectivity index (χ0v) is 13.1. The largest absolute Gasteiger partial charge is 0.386 e. The standard InChI is InChI=1S/C15H21BrFNO/c1-15(2,18-9-4-3-5-10-18)14(19)11-7-6-8-12(16)13(11)17/h6-8,14,19H,3-5,9-10H2,1-2H3. The van der Waals surface area contributed by atoms with Gasteiger partial charge in [0.25, 0.3) is 0 Å². The number of nitrogens with zero attached hydrogens (tertiary/aromatic N) is 1. The van der Waals surface area contributed by atoms with Gasteiger partial charge in [-0.25, -0.2) is 4.39 Å². The summed E-state index contributed by atoms with van der Waals surface area (Å²) in [6, 6.07) is 5.08. The molecule has 2 nitrogen and oxygen atoms in total. The number of halogens is 2. The zero-order chi connectivity index (χ0) is 14.0. The molecular weight excluding hydrogens is 309 g/mol. The van der Waals surface area contributed by atoms with Gasteiger partial charge < -0.3 is 5.11 Å². The second kappa shape index (κ2) is 5.90. The van der Waals surface area contributed by atoms with Crippen LogP contribution < -0.4 is 0 Å². The Labute approximate surface area is 122 Å². The lowest BCUT2D eigenvalue weighted by Gasteiger charge is -2.44. The van der Waals surface area contributed by atoms with E-state index in [4.69, 9.17) is 0 Å². The smallest absolute Gasteiger partial charge is 0.143 e. The van der Waals surface area contributed by atoms with Gasteiger partial charge in [0, 0.05) is 11.1 Å². The van der Waals surface area contributed by atoms with E-state index >= 15 is 0 Å². The van der Waals surface area contributed by atoms with Crippen LogP contribution in [0, 0.1) is 5.82 Å². The van der Waals surface area contributed by atoms with Crippen molar-refractivity contribution in [1.29, 1.82) is 0 Å². The van der Waals surface area contributed by atoms with Gasteiger partial charge in [-0.2, -0.15) is 0 Å². The number of aliphatic hydroxyl groups excluding tert-OH is 1. The molecule has 1 atom stereocenters. The Kier molecular flexibility index (Phi) is 4.64. The van der Waals surface area contributed by atoms with E-state index in [1.165, 1.54) is 6.42 Å². The predicted molar refractivity (Wildman–Crippen MR) is 78.6 cm³/mol. The quantitative estimate of drug-likeness (QED) is 0.909. The molecule has 1 unspecified atom stereocenters. The molecule has 1 saturated heterocycles. The summed E-state index contributed by atoms with van der Waals surface area (Å²) in [4.78, 5) is 2.27. The molecule has 1 aromatic carbocycles. The van der Waals surface area contributed by atoms with Crippen LogP contribution in [-0.2, 0) is 0 Å². The van der Waals surface area contributed by atoms with Gasteiger partial charge in [-0.05, 0) is 61.8 Å². The van der Waals surface area contributed by atoms with Crippen molar-refractivity contribution >= 4 is 15.9 Å². The fraction of sp³-hybridized carbons (Fsp3) is 0.600. The Hall–Kier alpha value is -0.450. The summed E-state index contributed by atoms with van der Waals surface area (Å²) in [5, 5.41) is 10.6. The average molecular weight is 330 g/mol. The molecule has 0 bridgehead atoms. The molecule has 2 rings (SSSR count). The summed E-state index contributed by atoms with van der Waals surface area (Å²) in [5.41, 5.74) is -0.0906. The van der Waals surface area contributed by atoms with E-state index in [9.17, 15) is 9.50 Å². The van der Waals surface area contributed by atoms with Crippen molar-refractivity contribution < 1.29 is 9.50 Å². The third kappa shape index (κ3) is 3.01. The van der Waals surface area contributed by atoms with Crippen LogP contribution in [0.25, 0.3) is 0 Å². The van der Waals surface area contributed by atoms with Crippen molar-refractivity contribution in [3.8, 4) is 0 Å². The van der Waals surface area contributed by atoms with Gasteiger partial charge in [0.2, 0.25) is 0 Å². The van der Waals surface area contributed by atoms with Crippen molar-refractivity contribution in [2.45, 2.75) is 44.8 Å². The Balaban J connectivity index is 2.26. The van der Waals surface area contributed by atoms with E-state index in [0.29, 0.717) is 10.0 Å². The van der Waals surface area contributed by atoms with Crippen molar-refractivity contribution in [3.63, 3.8) is 0 Å². The predicted octanol–water partition coefficient (Wildman–Crippen LogP) is 3.89. The molecule has 4 heteroatoms. The summed E-state index contributed by atoms with van der Waals surface area (Å²) in [5.74, 6) is -0.361. The van der Waals surface area contributed by atoms with Crippen LogP contribution in [0.4, 0.5) is 4.39 Å². The van der Waals surface area contributed by atoms with Gasteiger partial charge in [0.05, 0.1) is 10.6 Å². The second-order valence-electron chi connectivity index (χ2n) is 5.75. The third-order valence-corrected chi connectivity index (χ3v) is 4.73. The molecule has 0 amide bonds. The molecule has 1 aliphatic rings. The first-order valence-electron chi connectivity index (χ1n) is 6.81. The maximum Gasteiger partial charge on any atom is 0.143 e. The molecule has 19 heavy (non-hydrogen) atoms. The molecule has 106 valence electrons. The highest BCUT2D eigenvalue weighted by atomic mass is 79.9. The SMILES string of the molecule is CC(C)(C(O)c1cccc(Br)c1F)N1CCCCC1. The van der Waals surface area contributed by atoms with Crippen molar-refractivity contribution in [1.82, 2.24) is 4.90 Å². The molecule has 0 spiro atoms. The summed E-state index contributed by atoms with van der Waals surface area (Å²) in [6.07, 6.45) is 2.71. The van der Waals surface area contributed by atoms with Gasteiger partial charge in [-0.3, -0.25) is 4.90 Å². The van der Waals surface area contributed by atoms with Gasteiger partial charge in [0.1, 0.15) is 5.82 Å². The highest BCUT2D eigenvalue weighted by Crippen LogP contribution is 2.35. The van der Waals surface area contributed by atoms with Gasteiger partial charge >= 0.3 is 0 Å². The minimum absolute atomic E-state index is 0.361. The molecule has 1 aromatic rings. The Morgan fingerprint density at radius 1 is 1.26 bits per heavy atom. The minimum Gasteiger partial charge on any atom is -0.386 e. The molecule has 0 aliphatic carbocycles. The number of likely N-dealkylation sites (tertiary alicyclic amines) is 1. The molecule has 0 aromatic heterocycles. The van der Waals surface area contributed by atoms with E-state index in [2.05, 4.69) is 20.8 Å². The van der Waals surface area contributed by atoms with Crippen LogP contribution in [0.15, 0.2) is 22.7 Å². The number of benzene rings is 1. The summed E-state index contributed by atoms with van der Waals surface area (Å²) < 4.78 is 14.5. The number of piperidine rings is 1. The van der Waals surface area contributed by atoms with Crippen LogP contribution in [0.1, 0.15) is 44.8 Å². The monoisotopic (exact) mass is 329 g/mol. The van der Waals surface area contributed by atoms with E-state index in [0.717, 1.165) is 25.9 Å². The fourth-order valence-corrected chi connectivity index (χ4v) is 3.14. The van der Waals surface area contributed by atoms with Gasteiger partial charge in [-0.15, -0.1) is 0 Å². The maximum atomic E-state index is 14.1. The van der Waals surface area contributed by atoms with Crippen LogP contribution in [0.5, 0.6) is 0 Å². The fourth-order valence-electron chi connectivity index (χ4n) is 2.76. The van der Waals surface area contributed by atoms with Crippen molar-refractivity contribution in [2.24, 2.45) is 0 Å². The summed E-state index contributed by atoms with van der Waals surface area (Å²) >= 11 is 3.18. The Bertz CT molecular complexity index is 444. The van der Waals surface area contributed by atoms with E-state index < -0.39 is 11.6 Å². The highest BCUT2D eigenvalue weighted by Gasteiger charge is 2.37. The summed E-state index contributed by atoms with van der Waals surface area (Å²) in [6.45, 7) is 5.92. The topological polar surface area (TPSA) is 23.5 Å².